The van der Waals surface area contributed by atoms with Gasteiger partial charge in [0.25, 0.3) is 0 Å². The van der Waals surface area contributed by atoms with Gasteiger partial charge in [0.2, 0.25) is 0 Å². The second kappa shape index (κ2) is 5.45. The van der Waals surface area contributed by atoms with Crippen LogP contribution < -0.4 is 0 Å². The molecule has 0 spiro atoms. The summed E-state index contributed by atoms with van der Waals surface area (Å²) in [5.41, 5.74) is 0. The van der Waals surface area contributed by atoms with Crippen molar-refractivity contribution in [1.82, 2.24) is 0 Å². The Kier molecular flexibility index (Phi) is 6.73. The van der Waals surface area contributed by atoms with Crippen LogP contribution in [0, 0.1) is 0 Å². The maximum absolute atomic E-state index is 9.87. The molecule has 0 atom stereocenters. The summed E-state index contributed by atoms with van der Waals surface area (Å²) in [4.78, 5) is 39.5. The van der Waals surface area contributed by atoms with Gasteiger partial charge in [-0.15, -0.1) is 0 Å². The molecule has 0 aliphatic heterocycles. The van der Waals surface area contributed by atoms with Crippen LogP contribution in [0.4, 0.5) is 0 Å². The predicted octanol–water partition coefficient (Wildman–Crippen LogP) is -1.10. The quantitative estimate of drug-likeness (QED) is 0.456. The Balaban J connectivity index is 0. The normalized spacial score (nSPS) is 10.4. The van der Waals surface area contributed by atoms with Crippen molar-refractivity contribution in [3.63, 3.8) is 0 Å². The average Bonchev–Trinajstić information content (AvgIpc) is 1.95. The van der Waals surface area contributed by atoms with Gasteiger partial charge in [-0.05, 0) is 0 Å². The Hall–Kier alpha value is -0.333. The summed E-state index contributed by atoms with van der Waals surface area (Å²) in [7, 11) is 0. The molecule has 0 bridgehead atoms. The summed E-state index contributed by atoms with van der Waals surface area (Å²) in [6, 6.07) is 0. The van der Waals surface area contributed by atoms with Gasteiger partial charge in [0.15, 0.2) is 0 Å². The van der Waals surface area contributed by atoms with Crippen molar-refractivity contribution < 1.29 is 48.1 Å². The van der Waals surface area contributed by atoms with E-state index in [4.69, 9.17) is 0 Å². The first-order valence-corrected chi connectivity index (χ1v) is 3.95. The van der Waals surface area contributed by atoms with E-state index in [-0.39, 0.29) is 37.5 Å². The summed E-state index contributed by atoms with van der Waals surface area (Å²) < 4.78 is 0. The predicted molar refractivity (Wildman–Crippen MR) is 27.0 cm³/mol. The van der Waals surface area contributed by atoms with Crippen LogP contribution in [0.1, 0.15) is 0 Å². The van der Waals surface area contributed by atoms with Crippen LogP contribution in [0.5, 0.6) is 0 Å². The third-order valence-corrected chi connectivity index (χ3v) is 2.13. The third-order valence-electron chi connectivity index (χ3n) is 0.516. The van der Waals surface area contributed by atoms with E-state index in [1.54, 1.807) is 0 Å². The number of hydrogen-bond donors (Lipinski definition) is 0. The first-order valence-electron chi connectivity index (χ1n) is 1.67. The topological polar surface area (TPSA) is 68.3 Å². The van der Waals surface area contributed by atoms with E-state index >= 15 is 0 Å². The molecular weight excluding hydrogens is 229 g/mol. The van der Waals surface area contributed by atoms with Crippen LogP contribution >= 0.6 is 0 Å². The summed E-state index contributed by atoms with van der Waals surface area (Å²) >= 11 is -2.97. The van der Waals surface area contributed by atoms with E-state index in [1.165, 1.54) is 0 Å². The fourth-order valence-electron chi connectivity index (χ4n) is 0.105. The molecule has 0 aliphatic rings. The van der Waals surface area contributed by atoms with Crippen molar-refractivity contribution in [1.29, 1.82) is 0 Å². The molecule has 0 heterocycles. The van der Waals surface area contributed by atoms with Crippen molar-refractivity contribution in [3.8, 4) is 0 Å². The minimum atomic E-state index is -2.97. The van der Waals surface area contributed by atoms with Crippen LogP contribution in [0.3, 0.4) is 0 Å². The van der Waals surface area contributed by atoms with E-state index in [0.717, 1.165) is 0 Å². The smallest absolute Gasteiger partial charge is 0 e. The van der Waals surface area contributed by atoms with Gasteiger partial charge in [0.05, 0.1) is 0 Å². The standard InChI is InChI=1S/4CHO.2Ni/c4*1-2;;/h4*1H;;. The third kappa shape index (κ3) is 2.50. The van der Waals surface area contributed by atoms with Gasteiger partial charge in [0, 0.05) is 16.5 Å². The van der Waals surface area contributed by atoms with Crippen molar-refractivity contribution in [2.45, 2.75) is 0 Å². The first-order chi connectivity index (χ1) is 4.24. The van der Waals surface area contributed by atoms with E-state index in [9.17, 15) is 19.2 Å². The SMILES string of the molecule is O=[CH][Ni]([CH]=O)([CH]=O)[CH]=O.[Ni]. The van der Waals surface area contributed by atoms with Crippen LogP contribution in [-0.2, 0) is 48.1 Å². The van der Waals surface area contributed by atoms with E-state index in [1.807, 2.05) is 0 Å². The molecule has 10 heavy (non-hydrogen) atoms. The maximum atomic E-state index is 9.87. The summed E-state index contributed by atoms with van der Waals surface area (Å²) in [5.74, 6) is 0. The number of rotatable bonds is 4. The molecule has 0 saturated carbocycles. The molecular formula is C4H4Ni2O4. The molecule has 0 saturated heterocycles. The average molecular weight is 233 g/mol. The molecule has 0 amide bonds. The molecule has 6 heteroatoms. The number of carbonyl (C=O) groups excluding carboxylic acids is 4. The van der Waals surface area contributed by atoms with Gasteiger partial charge < -0.3 is 0 Å². The zero-order chi connectivity index (χ0) is 7.33. The Morgan fingerprint density at radius 1 is 0.700 bits per heavy atom. The maximum Gasteiger partial charge on any atom is 0 e. The Labute approximate surface area is 69.4 Å². The van der Waals surface area contributed by atoms with Crippen LogP contribution in [-0.4, -0.2) is 21.0 Å². The van der Waals surface area contributed by atoms with Crippen LogP contribution in [0.15, 0.2) is 0 Å². The second-order valence-electron chi connectivity index (χ2n) is 0.931. The van der Waals surface area contributed by atoms with Crippen LogP contribution in [0.25, 0.3) is 0 Å². The van der Waals surface area contributed by atoms with Crippen molar-refractivity contribution >= 4 is 21.0 Å². The largest absolute Gasteiger partial charge is 0 e. The van der Waals surface area contributed by atoms with Gasteiger partial charge in [-0.3, -0.25) is 0 Å². The van der Waals surface area contributed by atoms with Gasteiger partial charge in [-0.25, -0.2) is 0 Å². The monoisotopic (exact) mass is 232 g/mol. The summed E-state index contributed by atoms with van der Waals surface area (Å²) in [6.07, 6.45) is 0. The van der Waals surface area contributed by atoms with E-state index in [0.29, 0.717) is 0 Å². The minimum Gasteiger partial charge on any atom is 0 e. The van der Waals surface area contributed by atoms with Crippen molar-refractivity contribution in [2.24, 2.45) is 0 Å². The molecule has 0 fully saturated rings. The van der Waals surface area contributed by atoms with Crippen molar-refractivity contribution in [2.75, 3.05) is 0 Å². The molecule has 64 valence electrons. The molecule has 4 nitrogen and oxygen atoms in total. The van der Waals surface area contributed by atoms with E-state index in [2.05, 4.69) is 0 Å². The van der Waals surface area contributed by atoms with E-state index < -0.39 is 12.4 Å². The molecule has 0 unspecified atom stereocenters. The zero-order valence-electron chi connectivity index (χ0n) is 4.57. The molecule has 0 N–H and O–H groups in total. The molecule has 0 aliphatic carbocycles. The second-order valence-corrected chi connectivity index (χ2v) is 3.84. The molecule has 0 radical (unpaired) electrons. The minimum absolute atomic E-state index is 0. The van der Waals surface area contributed by atoms with Gasteiger partial charge >= 0.3 is 52.6 Å². The van der Waals surface area contributed by atoms with Crippen LogP contribution in [0.2, 0.25) is 0 Å². The fraction of sp³-hybridized carbons (Fsp3) is 0. The fourth-order valence-corrected chi connectivity index (χ4v) is 0.435. The van der Waals surface area contributed by atoms with Gasteiger partial charge in [-0.2, -0.15) is 0 Å². The Morgan fingerprint density at radius 2 is 0.900 bits per heavy atom. The molecule has 0 aromatic carbocycles. The molecule has 0 aromatic rings. The molecule has 0 aromatic heterocycles. The zero-order valence-corrected chi connectivity index (χ0v) is 6.55. The Morgan fingerprint density at radius 3 is 0.900 bits per heavy atom. The summed E-state index contributed by atoms with van der Waals surface area (Å²) in [6.45, 7) is 0. The Bertz CT molecular complexity index is 118. The van der Waals surface area contributed by atoms with Gasteiger partial charge in [0.1, 0.15) is 0 Å². The molecule has 0 rings (SSSR count). The van der Waals surface area contributed by atoms with Gasteiger partial charge in [-0.1, -0.05) is 0 Å². The summed E-state index contributed by atoms with van der Waals surface area (Å²) in [5, 5.41) is 0.375. The first kappa shape index (κ1) is 12.4. The number of carbonyl (C=O) groups is 4. The number of hydrogen-bond acceptors (Lipinski definition) is 4. The van der Waals surface area contributed by atoms with Crippen molar-refractivity contribution in [3.05, 3.63) is 0 Å².